The molecule has 0 spiro atoms. The van der Waals surface area contributed by atoms with Crippen molar-refractivity contribution in [1.29, 1.82) is 0 Å². The maximum atomic E-state index is 12.9. The normalized spacial score (nSPS) is 19.2. The summed E-state index contributed by atoms with van der Waals surface area (Å²) in [5.74, 6) is 0.120. The molecule has 6 nitrogen and oxygen atoms in total. The van der Waals surface area contributed by atoms with Crippen LogP contribution in [0.3, 0.4) is 0 Å². The number of amides is 2. The number of rotatable bonds is 5. The van der Waals surface area contributed by atoms with Crippen LogP contribution in [0.1, 0.15) is 33.1 Å². The zero-order valence-corrected chi connectivity index (χ0v) is 17.4. The van der Waals surface area contributed by atoms with Gasteiger partial charge in [-0.3, -0.25) is 9.59 Å². The van der Waals surface area contributed by atoms with Crippen LogP contribution in [-0.2, 0) is 4.79 Å². The van der Waals surface area contributed by atoms with Crippen molar-refractivity contribution in [2.24, 2.45) is 0 Å². The standard InChI is InChI=1S/C25H23N3O3/c1-17-12-14-18(15-13-17)23-22(26-24(29)19-8-4-3-5-9-19)25(30)27-28(23)16-20-10-6-7-11-21(20)31-2/h3-16,22-23H,1-2H3,(H-,26,27,29,30)/p+1/b28-16-. The topological polar surface area (TPSA) is 70.4 Å². The smallest absolute Gasteiger partial charge is 0.304 e. The first-order valence-corrected chi connectivity index (χ1v) is 10.1. The van der Waals surface area contributed by atoms with Crippen LogP contribution in [0.2, 0.25) is 0 Å². The molecule has 2 N–H and O–H groups in total. The largest absolute Gasteiger partial charge is 0.496 e. The van der Waals surface area contributed by atoms with E-state index in [1.54, 1.807) is 36.1 Å². The van der Waals surface area contributed by atoms with Gasteiger partial charge in [0.05, 0.1) is 12.7 Å². The van der Waals surface area contributed by atoms with Crippen molar-refractivity contribution in [1.82, 2.24) is 10.7 Å². The van der Waals surface area contributed by atoms with Crippen LogP contribution in [0.25, 0.3) is 0 Å². The molecule has 1 aliphatic rings. The molecule has 3 aromatic carbocycles. The van der Waals surface area contributed by atoms with Gasteiger partial charge in [-0.1, -0.05) is 60.2 Å². The van der Waals surface area contributed by atoms with Gasteiger partial charge in [-0.15, -0.1) is 10.1 Å². The third-order valence-electron chi connectivity index (χ3n) is 5.30. The van der Waals surface area contributed by atoms with Crippen molar-refractivity contribution >= 4 is 18.0 Å². The first kappa shape index (κ1) is 20.3. The summed E-state index contributed by atoms with van der Waals surface area (Å²) in [7, 11) is 1.61. The summed E-state index contributed by atoms with van der Waals surface area (Å²) in [4.78, 5) is 25.7. The second-order valence-corrected chi connectivity index (χ2v) is 7.43. The van der Waals surface area contributed by atoms with Gasteiger partial charge < -0.3 is 10.1 Å². The van der Waals surface area contributed by atoms with Gasteiger partial charge in [0.15, 0.2) is 6.04 Å². The van der Waals surface area contributed by atoms with E-state index in [0.717, 1.165) is 16.7 Å². The van der Waals surface area contributed by atoms with E-state index in [1.807, 2.05) is 67.7 Å². The number of benzene rings is 3. The number of carbonyl (C=O) groups excluding carboxylic acids is 2. The molecule has 0 saturated carbocycles. The summed E-state index contributed by atoms with van der Waals surface area (Å²) in [6.45, 7) is 2.01. The quantitative estimate of drug-likeness (QED) is 0.631. The minimum absolute atomic E-state index is 0.277. The van der Waals surface area contributed by atoms with Crippen LogP contribution in [0.4, 0.5) is 0 Å². The molecule has 1 heterocycles. The van der Waals surface area contributed by atoms with Crippen molar-refractivity contribution in [3.05, 3.63) is 101 Å². The molecule has 2 unspecified atom stereocenters. The van der Waals surface area contributed by atoms with Gasteiger partial charge in [0.1, 0.15) is 5.75 Å². The number of hydrogen-bond acceptors (Lipinski definition) is 3. The Morgan fingerprint density at radius 1 is 1.00 bits per heavy atom. The zero-order chi connectivity index (χ0) is 21.8. The fourth-order valence-electron chi connectivity index (χ4n) is 3.68. The average molecular weight is 414 g/mol. The molecule has 4 rings (SSSR count). The maximum absolute atomic E-state index is 12.9. The molecule has 1 saturated heterocycles. The van der Waals surface area contributed by atoms with Crippen molar-refractivity contribution in [2.45, 2.75) is 19.0 Å². The Hall–Kier alpha value is -3.93. The highest BCUT2D eigenvalue weighted by molar-refractivity contribution is 5.98. The molecule has 31 heavy (non-hydrogen) atoms. The molecule has 2 amide bonds. The van der Waals surface area contributed by atoms with E-state index in [9.17, 15) is 9.59 Å². The van der Waals surface area contributed by atoms with E-state index in [-0.39, 0.29) is 11.8 Å². The number of methoxy groups -OCH3 is 1. The van der Waals surface area contributed by atoms with Crippen LogP contribution in [-0.4, -0.2) is 35.9 Å². The van der Waals surface area contributed by atoms with Gasteiger partial charge in [0, 0.05) is 11.1 Å². The van der Waals surface area contributed by atoms with E-state index in [1.165, 1.54) is 0 Å². The Bertz CT molecular complexity index is 1120. The van der Waals surface area contributed by atoms with E-state index < -0.39 is 12.1 Å². The Morgan fingerprint density at radius 2 is 1.68 bits per heavy atom. The lowest BCUT2D eigenvalue weighted by atomic mass is 9.98. The number of nitrogens with one attached hydrogen (secondary N) is 2. The number of ether oxygens (including phenoxy) is 1. The summed E-state index contributed by atoms with van der Waals surface area (Å²) in [6, 6.07) is 23.2. The van der Waals surface area contributed by atoms with Crippen molar-refractivity contribution in [3.8, 4) is 5.75 Å². The molecule has 0 bridgehead atoms. The Morgan fingerprint density at radius 3 is 2.39 bits per heavy atom. The Labute approximate surface area is 181 Å². The van der Waals surface area contributed by atoms with E-state index in [4.69, 9.17) is 4.74 Å². The third-order valence-corrected chi connectivity index (χ3v) is 5.30. The van der Waals surface area contributed by atoms with Crippen LogP contribution < -0.4 is 15.5 Å². The second kappa shape index (κ2) is 8.83. The lowest BCUT2D eigenvalue weighted by Crippen LogP contribution is -2.42. The van der Waals surface area contributed by atoms with Crippen LogP contribution in [0.5, 0.6) is 5.75 Å². The van der Waals surface area contributed by atoms with E-state index >= 15 is 0 Å². The van der Waals surface area contributed by atoms with Gasteiger partial charge in [-0.2, -0.15) is 0 Å². The highest BCUT2D eigenvalue weighted by atomic mass is 16.5. The van der Waals surface area contributed by atoms with Crippen LogP contribution >= 0.6 is 0 Å². The van der Waals surface area contributed by atoms with Crippen LogP contribution in [0.15, 0.2) is 78.9 Å². The molecule has 0 aromatic heterocycles. The second-order valence-electron chi connectivity index (χ2n) is 7.43. The van der Waals surface area contributed by atoms with E-state index in [2.05, 4.69) is 10.7 Å². The first-order chi connectivity index (χ1) is 15.1. The molecule has 3 aromatic rings. The number of hydrazine groups is 1. The SMILES string of the molecule is COc1ccccc1/C=[N+]1\NC(=O)C(NC(=O)c2ccccc2)C1c1ccc(C)cc1. The van der Waals surface area contributed by atoms with E-state index in [0.29, 0.717) is 11.3 Å². The van der Waals surface area contributed by atoms with Crippen molar-refractivity contribution < 1.29 is 19.0 Å². The summed E-state index contributed by atoms with van der Waals surface area (Å²) in [6.07, 6.45) is 1.83. The van der Waals surface area contributed by atoms with Gasteiger partial charge in [0.2, 0.25) is 12.3 Å². The zero-order valence-electron chi connectivity index (χ0n) is 17.4. The fourth-order valence-corrected chi connectivity index (χ4v) is 3.68. The first-order valence-electron chi connectivity index (χ1n) is 10.1. The fraction of sp³-hybridized carbons (Fsp3) is 0.160. The van der Waals surface area contributed by atoms with Crippen molar-refractivity contribution in [2.75, 3.05) is 7.11 Å². The predicted molar refractivity (Wildman–Crippen MR) is 118 cm³/mol. The minimum Gasteiger partial charge on any atom is -0.496 e. The summed E-state index contributed by atoms with van der Waals surface area (Å²) in [5, 5.41) is 2.91. The summed E-state index contributed by atoms with van der Waals surface area (Å²) >= 11 is 0. The lowest BCUT2D eigenvalue weighted by Gasteiger charge is -2.15. The molecule has 2 atom stereocenters. The Kier molecular flexibility index (Phi) is 5.80. The van der Waals surface area contributed by atoms with Gasteiger partial charge in [0.25, 0.3) is 5.91 Å². The molecule has 6 heteroatoms. The predicted octanol–water partition coefficient (Wildman–Crippen LogP) is 3.02. The monoisotopic (exact) mass is 414 g/mol. The minimum atomic E-state index is -0.763. The number of carbonyl (C=O) groups is 2. The molecule has 0 radical (unpaired) electrons. The molecule has 156 valence electrons. The third kappa shape index (κ3) is 4.33. The molecular weight excluding hydrogens is 390 g/mol. The van der Waals surface area contributed by atoms with Crippen molar-refractivity contribution in [3.63, 3.8) is 0 Å². The van der Waals surface area contributed by atoms with Gasteiger partial charge in [-0.05, 0) is 31.2 Å². The van der Waals surface area contributed by atoms with Gasteiger partial charge in [-0.25, -0.2) is 0 Å². The highest BCUT2D eigenvalue weighted by Gasteiger charge is 2.47. The summed E-state index contributed by atoms with van der Waals surface area (Å²) in [5.41, 5.74) is 6.24. The number of para-hydroxylation sites is 1. The summed E-state index contributed by atoms with van der Waals surface area (Å²) < 4.78 is 7.18. The number of hydrazone groups is 1. The molecular formula is C25H24N3O3+. The Balaban J connectivity index is 1.73. The molecule has 1 aliphatic heterocycles. The highest BCUT2D eigenvalue weighted by Crippen LogP contribution is 2.26. The number of hydrogen-bond donors (Lipinski definition) is 2. The molecule has 0 aliphatic carbocycles. The lowest BCUT2D eigenvalue weighted by molar-refractivity contribution is -0.596. The number of aryl methyl sites for hydroxylation is 1. The average Bonchev–Trinajstić information content (AvgIpc) is 3.09. The van der Waals surface area contributed by atoms with Crippen LogP contribution in [0, 0.1) is 6.92 Å². The number of nitrogens with zero attached hydrogens (tertiary/aromatic N) is 1. The van der Waals surface area contributed by atoms with Gasteiger partial charge >= 0.3 is 5.91 Å². The molecule has 1 fully saturated rings. The maximum Gasteiger partial charge on any atom is 0.304 e.